The normalized spacial score (nSPS) is 34.1. The van der Waals surface area contributed by atoms with Crippen LogP contribution in [0.1, 0.15) is 76.5 Å². The Morgan fingerprint density at radius 2 is 2.30 bits per heavy atom. The predicted molar refractivity (Wildman–Crippen MR) is 111 cm³/mol. The van der Waals surface area contributed by atoms with E-state index in [1.165, 1.54) is 18.4 Å². The fourth-order valence-corrected chi connectivity index (χ4v) is 5.13. The van der Waals surface area contributed by atoms with Gasteiger partial charge in [0, 0.05) is 37.0 Å². The summed E-state index contributed by atoms with van der Waals surface area (Å²) in [6, 6.07) is 7.34. The molecule has 146 valence electrons. The van der Waals surface area contributed by atoms with Crippen molar-refractivity contribution in [1.29, 1.82) is 0 Å². The Morgan fingerprint density at radius 3 is 3.07 bits per heavy atom. The third-order valence-corrected chi connectivity index (χ3v) is 6.60. The van der Waals surface area contributed by atoms with Gasteiger partial charge in [0.2, 0.25) is 0 Å². The van der Waals surface area contributed by atoms with Crippen molar-refractivity contribution in [3.8, 4) is 5.75 Å². The molecule has 1 aliphatic carbocycles. The van der Waals surface area contributed by atoms with Crippen LogP contribution in [0.2, 0.25) is 0 Å². The molecule has 3 nitrogen and oxygen atoms in total. The standard InChI is InChI=1S/C23H31NO2S/c1-25-19-10-17-27-20(19)8-2-4-11-22(21-9-3-7-15-24-21)14-16-26-23(18-22)12-5-6-13-23/h3,7,9-10,15,17H,2,4-6,8,11-14,16,18H2,1H3/t22-/m1/s1/i4D2,5D2,8D2/t22-,23?. The minimum absolute atomic E-state index is 0.0956. The largest absolute Gasteiger partial charge is 0.496 e. The number of ether oxygens (including phenoxy) is 2. The maximum Gasteiger partial charge on any atom is 0.132 e. The first-order chi connectivity index (χ1) is 15.4. The highest BCUT2D eigenvalue weighted by Crippen LogP contribution is 2.50. The summed E-state index contributed by atoms with van der Waals surface area (Å²) >= 11 is 1.24. The van der Waals surface area contributed by atoms with E-state index < -0.39 is 30.1 Å². The summed E-state index contributed by atoms with van der Waals surface area (Å²) in [5.41, 5.74) is -0.511. The van der Waals surface area contributed by atoms with Gasteiger partial charge in [-0.1, -0.05) is 25.2 Å². The second-order valence-electron chi connectivity index (χ2n) is 7.48. The van der Waals surface area contributed by atoms with E-state index in [9.17, 15) is 0 Å². The van der Waals surface area contributed by atoms with Crippen LogP contribution in [0, 0.1) is 0 Å². The van der Waals surface area contributed by atoms with Crippen LogP contribution in [0.5, 0.6) is 5.75 Å². The number of nitrogens with zero attached hydrogens (tertiary/aromatic N) is 1. The molecule has 2 aromatic heterocycles. The van der Waals surface area contributed by atoms with Crippen LogP contribution in [0.4, 0.5) is 0 Å². The van der Waals surface area contributed by atoms with Crippen molar-refractivity contribution in [3.63, 3.8) is 0 Å². The number of pyridine rings is 1. The van der Waals surface area contributed by atoms with Gasteiger partial charge in [0.05, 0.1) is 12.7 Å². The molecule has 2 atom stereocenters. The lowest BCUT2D eigenvalue weighted by atomic mass is 9.67. The maximum atomic E-state index is 8.91. The van der Waals surface area contributed by atoms with Crippen LogP contribution in [0.3, 0.4) is 0 Å². The van der Waals surface area contributed by atoms with Gasteiger partial charge in [0.1, 0.15) is 5.75 Å². The fraction of sp³-hybridized carbons (Fsp3) is 0.609. The minimum Gasteiger partial charge on any atom is -0.496 e. The summed E-state index contributed by atoms with van der Waals surface area (Å²) in [5.74, 6) is 0.443. The first-order valence-corrected chi connectivity index (χ1v) is 10.5. The van der Waals surface area contributed by atoms with E-state index >= 15 is 0 Å². The number of thiophene rings is 1. The van der Waals surface area contributed by atoms with E-state index in [2.05, 4.69) is 4.98 Å². The second kappa shape index (κ2) is 8.32. The Labute approximate surface area is 175 Å². The Morgan fingerprint density at radius 1 is 1.33 bits per heavy atom. The third-order valence-electron chi connectivity index (χ3n) is 5.75. The molecule has 1 saturated carbocycles. The molecule has 1 spiro atoms. The van der Waals surface area contributed by atoms with Gasteiger partial charge in [0.15, 0.2) is 0 Å². The molecule has 2 aromatic rings. The van der Waals surface area contributed by atoms with E-state index in [-0.39, 0.29) is 12.8 Å². The summed E-state index contributed by atoms with van der Waals surface area (Å²) in [4.78, 5) is 4.99. The van der Waals surface area contributed by atoms with Crippen molar-refractivity contribution < 1.29 is 17.7 Å². The molecule has 0 amide bonds. The van der Waals surface area contributed by atoms with Gasteiger partial charge in [-0.2, -0.15) is 0 Å². The van der Waals surface area contributed by atoms with Crippen LogP contribution in [-0.2, 0) is 16.5 Å². The molecule has 4 heteroatoms. The van der Waals surface area contributed by atoms with Crippen LogP contribution in [0.25, 0.3) is 0 Å². The van der Waals surface area contributed by atoms with Gasteiger partial charge in [-0.25, -0.2) is 0 Å². The van der Waals surface area contributed by atoms with Crippen molar-refractivity contribution in [3.05, 3.63) is 46.4 Å². The minimum atomic E-state index is -1.89. The van der Waals surface area contributed by atoms with E-state index in [0.29, 0.717) is 49.3 Å². The summed E-state index contributed by atoms with van der Waals surface area (Å²) in [7, 11) is 1.49. The molecule has 0 N–H and O–H groups in total. The van der Waals surface area contributed by atoms with Gasteiger partial charge in [0.25, 0.3) is 0 Å². The van der Waals surface area contributed by atoms with Gasteiger partial charge in [-0.3, -0.25) is 4.98 Å². The van der Waals surface area contributed by atoms with Crippen molar-refractivity contribution in [2.45, 2.75) is 75.1 Å². The average Bonchev–Trinajstić information content (AvgIpc) is 3.32. The number of methoxy groups -OCH3 is 1. The lowest BCUT2D eigenvalue weighted by molar-refractivity contribution is -0.104. The highest BCUT2D eigenvalue weighted by Gasteiger charge is 2.48. The van der Waals surface area contributed by atoms with Gasteiger partial charge >= 0.3 is 0 Å². The predicted octanol–water partition coefficient (Wildman–Crippen LogP) is 5.93. The van der Waals surface area contributed by atoms with Gasteiger partial charge < -0.3 is 9.47 Å². The molecule has 3 heterocycles. The van der Waals surface area contributed by atoms with Crippen molar-refractivity contribution in [2.75, 3.05) is 13.7 Å². The number of aromatic nitrogens is 1. The zero-order valence-corrected chi connectivity index (χ0v) is 16.6. The van der Waals surface area contributed by atoms with Crippen LogP contribution in [-0.4, -0.2) is 24.3 Å². The Hall–Kier alpha value is -1.39. The zero-order valence-electron chi connectivity index (χ0n) is 21.8. The molecular formula is C23H31NO2S. The monoisotopic (exact) mass is 391 g/mol. The molecule has 0 aromatic carbocycles. The van der Waals surface area contributed by atoms with Crippen LogP contribution in [0.15, 0.2) is 35.8 Å². The molecule has 4 rings (SSSR count). The number of aryl methyl sites for hydroxylation is 1. The Kier molecular flexibility index (Phi) is 3.99. The van der Waals surface area contributed by atoms with Crippen LogP contribution >= 0.6 is 11.3 Å². The topological polar surface area (TPSA) is 31.4 Å². The van der Waals surface area contributed by atoms with Crippen LogP contribution < -0.4 is 4.74 Å². The quantitative estimate of drug-likeness (QED) is 0.586. The Bertz CT molecular complexity index is 969. The van der Waals surface area contributed by atoms with Crippen molar-refractivity contribution >= 4 is 11.3 Å². The lowest BCUT2D eigenvalue weighted by Crippen LogP contribution is -2.46. The van der Waals surface area contributed by atoms with E-state index in [1.54, 1.807) is 17.6 Å². The van der Waals surface area contributed by atoms with Crippen molar-refractivity contribution in [2.24, 2.45) is 0 Å². The first kappa shape index (κ1) is 12.9. The molecule has 1 saturated heterocycles. The number of rotatable bonds is 7. The summed E-state index contributed by atoms with van der Waals surface area (Å²) in [6.07, 6.45) is -1.12. The van der Waals surface area contributed by atoms with Gasteiger partial charge in [-0.05, 0) is 68.5 Å². The molecule has 0 bridgehead atoms. The van der Waals surface area contributed by atoms with E-state index in [0.717, 1.165) is 5.69 Å². The molecule has 0 radical (unpaired) electrons. The van der Waals surface area contributed by atoms with Gasteiger partial charge in [-0.15, -0.1) is 11.3 Å². The molecule has 1 unspecified atom stereocenters. The summed E-state index contributed by atoms with van der Waals surface area (Å²) in [6.45, 7) is 0.411. The Balaban J connectivity index is 1.65. The fourth-order valence-electron chi connectivity index (χ4n) is 4.38. The molecule has 27 heavy (non-hydrogen) atoms. The molecule has 1 aliphatic heterocycles. The zero-order chi connectivity index (χ0) is 24.0. The summed E-state index contributed by atoms with van der Waals surface area (Å²) in [5, 5.41) is 1.76. The first-order valence-electron chi connectivity index (χ1n) is 12.6. The SMILES string of the molecule is [2H]C1([2H])CCC2(C1)C[C@](CC([2H])([2H])CC([2H])([2H])c1sccc1OC)(c1ccccn1)CCO2. The number of hydrogen-bond acceptors (Lipinski definition) is 4. The lowest BCUT2D eigenvalue weighted by Gasteiger charge is -2.46. The van der Waals surface area contributed by atoms with E-state index in [4.69, 9.17) is 17.7 Å². The molecular weight excluding hydrogens is 354 g/mol. The molecule has 2 fully saturated rings. The second-order valence-corrected chi connectivity index (χ2v) is 8.39. The highest BCUT2D eigenvalue weighted by molar-refractivity contribution is 7.10. The average molecular weight is 392 g/mol. The smallest absolute Gasteiger partial charge is 0.132 e. The summed E-state index contributed by atoms with van der Waals surface area (Å²) < 4.78 is 63.0. The molecule has 2 aliphatic rings. The third kappa shape index (κ3) is 4.07. The van der Waals surface area contributed by atoms with Crippen molar-refractivity contribution in [1.82, 2.24) is 4.98 Å². The number of hydrogen-bond donors (Lipinski definition) is 0. The maximum absolute atomic E-state index is 8.91. The highest BCUT2D eigenvalue weighted by atomic mass is 32.1. The van der Waals surface area contributed by atoms with E-state index in [1.807, 2.05) is 18.2 Å².